The fourth-order valence-corrected chi connectivity index (χ4v) is 3.47. The molecule has 0 aliphatic carbocycles. The van der Waals surface area contributed by atoms with Crippen LogP contribution < -0.4 is 15.7 Å². The Hall–Kier alpha value is -2.87. The third kappa shape index (κ3) is 3.16. The fraction of sp³-hybridized carbons (Fsp3) is 0.421. The van der Waals surface area contributed by atoms with Crippen LogP contribution in [0.3, 0.4) is 0 Å². The number of ether oxygens (including phenoxy) is 2. The van der Waals surface area contributed by atoms with Gasteiger partial charge in [0.05, 0.1) is 19.2 Å². The van der Waals surface area contributed by atoms with Crippen LogP contribution in [-0.4, -0.2) is 46.5 Å². The second-order valence-corrected chi connectivity index (χ2v) is 6.71. The van der Waals surface area contributed by atoms with Crippen LogP contribution in [0.2, 0.25) is 0 Å². The first kappa shape index (κ1) is 17.5. The summed E-state index contributed by atoms with van der Waals surface area (Å²) in [5, 5.41) is 8.22. The molecule has 1 aliphatic heterocycles. The number of carbonyl (C=O) groups is 1. The van der Waals surface area contributed by atoms with Gasteiger partial charge >= 0.3 is 5.69 Å². The largest absolute Gasteiger partial charge is 0.497 e. The number of nitrogens with one attached hydrogen (secondary N) is 1. The highest BCUT2D eigenvalue weighted by Gasteiger charge is 2.23. The molecule has 1 saturated heterocycles. The first-order valence-corrected chi connectivity index (χ1v) is 9.05. The lowest BCUT2D eigenvalue weighted by atomic mass is 10.1. The molecule has 8 nitrogen and oxygen atoms in total. The third-order valence-corrected chi connectivity index (χ3v) is 4.89. The standard InChI is InChI=1S/C19H22N4O4/c1-12-10-13-5-6-14(26-2)11-15(13)23-17(12)21-22(19(23)25)8-7-20-18(24)16-4-3-9-27-16/h5-6,10-11,16H,3-4,7-9H2,1-2H3,(H,20,24). The molecule has 1 atom stereocenters. The van der Waals surface area contributed by atoms with Gasteiger partial charge in [0.2, 0.25) is 5.91 Å². The molecule has 3 heterocycles. The Bertz CT molecular complexity index is 1060. The molecule has 1 fully saturated rings. The highest BCUT2D eigenvalue weighted by molar-refractivity contribution is 5.84. The molecule has 1 aromatic carbocycles. The molecule has 1 unspecified atom stereocenters. The van der Waals surface area contributed by atoms with Crippen LogP contribution >= 0.6 is 0 Å². The first-order chi connectivity index (χ1) is 13.1. The minimum Gasteiger partial charge on any atom is -0.497 e. The van der Waals surface area contributed by atoms with Crippen molar-refractivity contribution in [1.29, 1.82) is 0 Å². The Balaban J connectivity index is 1.63. The van der Waals surface area contributed by atoms with Gasteiger partial charge in [-0.25, -0.2) is 13.9 Å². The monoisotopic (exact) mass is 370 g/mol. The number of hydrogen-bond donors (Lipinski definition) is 1. The van der Waals surface area contributed by atoms with Gasteiger partial charge < -0.3 is 14.8 Å². The molecule has 8 heteroatoms. The number of nitrogens with zero attached hydrogens (tertiary/aromatic N) is 3. The summed E-state index contributed by atoms with van der Waals surface area (Å²) in [5.74, 6) is 0.548. The maximum Gasteiger partial charge on any atom is 0.350 e. The van der Waals surface area contributed by atoms with Gasteiger partial charge in [-0.2, -0.15) is 0 Å². The molecule has 1 N–H and O–H groups in total. The van der Waals surface area contributed by atoms with Crippen molar-refractivity contribution in [3.8, 4) is 5.75 Å². The zero-order chi connectivity index (χ0) is 19.0. The second-order valence-electron chi connectivity index (χ2n) is 6.71. The van der Waals surface area contributed by atoms with E-state index < -0.39 is 0 Å². The van der Waals surface area contributed by atoms with E-state index in [-0.39, 0.29) is 17.7 Å². The number of benzene rings is 1. The fourth-order valence-electron chi connectivity index (χ4n) is 3.47. The van der Waals surface area contributed by atoms with Gasteiger partial charge in [-0.15, -0.1) is 5.10 Å². The molecular weight excluding hydrogens is 348 g/mol. The lowest BCUT2D eigenvalue weighted by Gasteiger charge is -2.09. The van der Waals surface area contributed by atoms with Gasteiger partial charge in [0, 0.05) is 19.2 Å². The summed E-state index contributed by atoms with van der Waals surface area (Å²) in [6, 6.07) is 7.62. The number of hydrogen-bond acceptors (Lipinski definition) is 5. The van der Waals surface area contributed by atoms with E-state index in [9.17, 15) is 9.59 Å². The Kier molecular flexibility index (Phi) is 4.57. The average molecular weight is 370 g/mol. The summed E-state index contributed by atoms with van der Waals surface area (Å²) >= 11 is 0. The minimum atomic E-state index is -0.374. The van der Waals surface area contributed by atoms with Crippen molar-refractivity contribution < 1.29 is 14.3 Å². The second kappa shape index (κ2) is 7.03. The van der Waals surface area contributed by atoms with E-state index in [4.69, 9.17) is 9.47 Å². The van der Waals surface area contributed by atoms with E-state index in [2.05, 4.69) is 10.4 Å². The molecule has 0 radical (unpaired) electrons. The average Bonchev–Trinajstić information content (AvgIpc) is 3.31. The van der Waals surface area contributed by atoms with E-state index in [0.717, 1.165) is 29.3 Å². The maximum atomic E-state index is 12.9. The normalized spacial score (nSPS) is 16.9. The van der Waals surface area contributed by atoms with E-state index in [0.29, 0.717) is 31.1 Å². The smallest absolute Gasteiger partial charge is 0.350 e. The molecule has 1 amide bonds. The van der Waals surface area contributed by atoms with Crippen molar-refractivity contribution >= 4 is 22.5 Å². The first-order valence-electron chi connectivity index (χ1n) is 9.05. The van der Waals surface area contributed by atoms with Crippen molar-refractivity contribution in [3.63, 3.8) is 0 Å². The Morgan fingerprint density at radius 3 is 3.00 bits per heavy atom. The van der Waals surface area contributed by atoms with Crippen LogP contribution in [0.4, 0.5) is 0 Å². The summed E-state index contributed by atoms with van der Waals surface area (Å²) in [4.78, 5) is 24.9. The molecule has 1 aliphatic rings. The van der Waals surface area contributed by atoms with Gasteiger partial charge in [0.1, 0.15) is 11.9 Å². The number of rotatable bonds is 5. The van der Waals surface area contributed by atoms with Crippen molar-refractivity contribution in [2.24, 2.45) is 0 Å². The van der Waals surface area contributed by atoms with Gasteiger partial charge in [0.25, 0.3) is 0 Å². The highest BCUT2D eigenvalue weighted by atomic mass is 16.5. The molecule has 142 valence electrons. The lowest BCUT2D eigenvalue weighted by Crippen LogP contribution is -2.37. The van der Waals surface area contributed by atoms with Crippen LogP contribution in [0.5, 0.6) is 5.75 Å². The van der Waals surface area contributed by atoms with E-state index >= 15 is 0 Å². The zero-order valence-corrected chi connectivity index (χ0v) is 15.4. The summed E-state index contributed by atoms with van der Waals surface area (Å²) in [5.41, 5.74) is 2.02. The Labute approximate surface area is 155 Å². The van der Waals surface area contributed by atoms with Gasteiger partial charge in [-0.05, 0) is 48.9 Å². The quantitative estimate of drug-likeness (QED) is 0.731. The van der Waals surface area contributed by atoms with E-state index in [1.165, 1.54) is 4.68 Å². The number of amides is 1. The van der Waals surface area contributed by atoms with Crippen LogP contribution in [-0.2, 0) is 16.1 Å². The van der Waals surface area contributed by atoms with Crippen LogP contribution in [0.15, 0.2) is 29.1 Å². The molecular formula is C19H22N4O4. The highest BCUT2D eigenvalue weighted by Crippen LogP contribution is 2.23. The number of methoxy groups -OCH3 is 1. The maximum absolute atomic E-state index is 12.9. The van der Waals surface area contributed by atoms with E-state index in [1.54, 1.807) is 11.5 Å². The Morgan fingerprint density at radius 1 is 1.41 bits per heavy atom. The summed E-state index contributed by atoms with van der Waals surface area (Å²) < 4.78 is 13.6. The number of carbonyl (C=O) groups excluding carboxylic acids is 1. The van der Waals surface area contributed by atoms with Gasteiger partial charge in [-0.1, -0.05) is 0 Å². The van der Waals surface area contributed by atoms with Crippen LogP contribution in [0, 0.1) is 6.92 Å². The Morgan fingerprint density at radius 2 is 2.26 bits per heavy atom. The molecule has 3 aromatic rings. The van der Waals surface area contributed by atoms with Crippen LogP contribution in [0.25, 0.3) is 16.6 Å². The predicted molar refractivity (Wildman–Crippen MR) is 100 cm³/mol. The molecule has 2 aromatic heterocycles. The summed E-state index contributed by atoms with van der Waals surface area (Å²) in [7, 11) is 1.59. The van der Waals surface area contributed by atoms with Crippen LogP contribution in [0.1, 0.15) is 18.4 Å². The topological polar surface area (TPSA) is 86.9 Å². The van der Waals surface area contributed by atoms with Crippen molar-refractivity contribution in [2.75, 3.05) is 20.3 Å². The molecule has 4 rings (SSSR count). The third-order valence-electron chi connectivity index (χ3n) is 4.89. The molecule has 0 bridgehead atoms. The number of aryl methyl sites for hydroxylation is 1. The number of aromatic nitrogens is 3. The van der Waals surface area contributed by atoms with Crippen molar-refractivity contribution in [1.82, 2.24) is 19.5 Å². The van der Waals surface area contributed by atoms with Crippen molar-refractivity contribution in [2.45, 2.75) is 32.4 Å². The molecule has 27 heavy (non-hydrogen) atoms. The molecule has 0 saturated carbocycles. The van der Waals surface area contributed by atoms with Gasteiger partial charge in [-0.3, -0.25) is 4.79 Å². The number of fused-ring (bicyclic) bond motifs is 3. The summed E-state index contributed by atoms with van der Waals surface area (Å²) in [6.45, 7) is 3.17. The predicted octanol–water partition coefficient (Wildman–Crippen LogP) is 1.26. The lowest BCUT2D eigenvalue weighted by molar-refractivity contribution is -0.130. The zero-order valence-electron chi connectivity index (χ0n) is 15.4. The van der Waals surface area contributed by atoms with E-state index in [1.807, 2.05) is 31.2 Å². The van der Waals surface area contributed by atoms with Gasteiger partial charge in [0.15, 0.2) is 5.65 Å². The summed E-state index contributed by atoms with van der Waals surface area (Å²) in [6.07, 6.45) is 1.27. The van der Waals surface area contributed by atoms with Crippen molar-refractivity contribution in [3.05, 3.63) is 40.3 Å². The minimum absolute atomic E-state index is 0.129. The SMILES string of the molecule is COc1ccc2cc(C)c3nn(CCNC(=O)C4CCCO4)c(=O)n3c2c1. The molecule has 0 spiro atoms. The number of pyridine rings is 1.